The van der Waals surface area contributed by atoms with E-state index in [9.17, 15) is 9.59 Å². The standard InChI is InChI=1S/C21H20O4/c1-3-14-25-19-13-9-8-12-17(19)15-18(21(23)24-4-2)20(22)16-10-6-5-7-11-16/h3,5-13,15H,1,4,14H2,2H3/b18-15-. The van der Waals surface area contributed by atoms with Crippen LogP contribution in [0.4, 0.5) is 0 Å². The third-order valence-corrected chi connectivity index (χ3v) is 3.35. The Kier molecular flexibility index (Phi) is 6.72. The van der Waals surface area contributed by atoms with Gasteiger partial charge in [-0.15, -0.1) is 0 Å². The Morgan fingerprint density at radius 3 is 2.40 bits per heavy atom. The van der Waals surface area contributed by atoms with Gasteiger partial charge in [-0.25, -0.2) is 4.79 Å². The fourth-order valence-electron chi connectivity index (χ4n) is 2.21. The van der Waals surface area contributed by atoms with Gasteiger partial charge >= 0.3 is 5.97 Å². The summed E-state index contributed by atoms with van der Waals surface area (Å²) in [4.78, 5) is 25.1. The van der Waals surface area contributed by atoms with Crippen LogP contribution in [0.15, 0.2) is 72.8 Å². The van der Waals surface area contributed by atoms with Crippen LogP contribution in [0.2, 0.25) is 0 Å². The van der Waals surface area contributed by atoms with E-state index in [1.807, 2.05) is 18.2 Å². The number of benzene rings is 2. The minimum Gasteiger partial charge on any atom is -0.489 e. The van der Waals surface area contributed by atoms with Gasteiger partial charge < -0.3 is 9.47 Å². The lowest BCUT2D eigenvalue weighted by molar-refractivity contribution is -0.137. The molecule has 0 aliphatic carbocycles. The molecule has 0 amide bonds. The molecule has 0 heterocycles. The molecule has 2 aromatic carbocycles. The number of hydrogen-bond acceptors (Lipinski definition) is 4. The van der Waals surface area contributed by atoms with Crippen molar-refractivity contribution in [1.29, 1.82) is 0 Å². The molecule has 25 heavy (non-hydrogen) atoms. The third kappa shape index (κ3) is 4.91. The van der Waals surface area contributed by atoms with Crippen LogP contribution in [-0.2, 0) is 9.53 Å². The molecule has 2 rings (SSSR count). The molecule has 0 bridgehead atoms. The van der Waals surface area contributed by atoms with Gasteiger partial charge in [-0.2, -0.15) is 0 Å². The van der Waals surface area contributed by atoms with E-state index in [0.29, 0.717) is 23.5 Å². The summed E-state index contributed by atoms with van der Waals surface area (Å²) < 4.78 is 10.6. The lowest BCUT2D eigenvalue weighted by Gasteiger charge is -2.10. The minimum atomic E-state index is -0.658. The van der Waals surface area contributed by atoms with Crippen LogP contribution in [0, 0.1) is 0 Å². The van der Waals surface area contributed by atoms with E-state index in [4.69, 9.17) is 9.47 Å². The van der Waals surface area contributed by atoms with Crippen molar-refractivity contribution in [2.45, 2.75) is 6.92 Å². The van der Waals surface area contributed by atoms with Crippen LogP contribution < -0.4 is 4.74 Å². The maximum absolute atomic E-state index is 12.8. The Hall–Kier alpha value is -3.14. The normalized spacial score (nSPS) is 10.8. The van der Waals surface area contributed by atoms with E-state index in [1.165, 1.54) is 6.08 Å². The SMILES string of the molecule is C=CCOc1ccccc1/C=C(\C(=O)OCC)C(=O)c1ccccc1. The summed E-state index contributed by atoms with van der Waals surface area (Å²) in [5.41, 5.74) is 1.01. The van der Waals surface area contributed by atoms with Gasteiger partial charge in [0.1, 0.15) is 17.9 Å². The molecule has 2 aromatic rings. The van der Waals surface area contributed by atoms with Gasteiger partial charge in [0.2, 0.25) is 0 Å². The highest BCUT2D eigenvalue weighted by Crippen LogP contribution is 2.23. The lowest BCUT2D eigenvalue weighted by Crippen LogP contribution is -2.16. The first-order valence-corrected chi connectivity index (χ1v) is 7.98. The zero-order valence-corrected chi connectivity index (χ0v) is 14.1. The van der Waals surface area contributed by atoms with Gasteiger partial charge in [0, 0.05) is 11.1 Å². The van der Waals surface area contributed by atoms with Gasteiger partial charge in [-0.3, -0.25) is 4.79 Å². The van der Waals surface area contributed by atoms with Crippen LogP contribution in [0.25, 0.3) is 6.08 Å². The first-order chi connectivity index (χ1) is 12.2. The molecule has 4 nitrogen and oxygen atoms in total. The molecule has 0 radical (unpaired) electrons. The number of carbonyl (C=O) groups excluding carboxylic acids is 2. The summed E-state index contributed by atoms with van der Waals surface area (Å²) in [5.74, 6) is -0.488. The molecule has 128 valence electrons. The summed E-state index contributed by atoms with van der Waals surface area (Å²) in [6.45, 7) is 5.83. The number of esters is 1. The highest BCUT2D eigenvalue weighted by Gasteiger charge is 2.21. The van der Waals surface area contributed by atoms with E-state index in [0.717, 1.165) is 0 Å². The zero-order valence-electron chi connectivity index (χ0n) is 14.1. The zero-order chi connectivity index (χ0) is 18.1. The van der Waals surface area contributed by atoms with Crippen molar-refractivity contribution >= 4 is 17.8 Å². The molecule has 0 saturated carbocycles. The number of rotatable bonds is 8. The molecule has 0 unspecified atom stereocenters. The predicted octanol–water partition coefficient (Wildman–Crippen LogP) is 4.08. The van der Waals surface area contributed by atoms with E-state index >= 15 is 0 Å². The second-order valence-corrected chi connectivity index (χ2v) is 5.11. The summed E-state index contributed by atoms with van der Waals surface area (Å²) >= 11 is 0. The van der Waals surface area contributed by atoms with Crippen molar-refractivity contribution in [2.24, 2.45) is 0 Å². The molecular formula is C21H20O4. The first kappa shape index (κ1) is 18.2. The number of carbonyl (C=O) groups is 2. The van der Waals surface area contributed by atoms with Crippen LogP contribution >= 0.6 is 0 Å². The second kappa shape index (κ2) is 9.23. The highest BCUT2D eigenvalue weighted by atomic mass is 16.5. The minimum absolute atomic E-state index is 0.0392. The molecule has 0 spiro atoms. The second-order valence-electron chi connectivity index (χ2n) is 5.11. The number of ketones is 1. The van der Waals surface area contributed by atoms with Crippen molar-refractivity contribution in [3.8, 4) is 5.75 Å². The fourth-order valence-corrected chi connectivity index (χ4v) is 2.21. The number of hydrogen-bond donors (Lipinski definition) is 0. The maximum Gasteiger partial charge on any atom is 0.342 e. The monoisotopic (exact) mass is 336 g/mol. The lowest BCUT2D eigenvalue weighted by atomic mass is 10.0. The Labute approximate surface area is 147 Å². The van der Waals surface area contributed by atoms with Gasteiger partial charge in [-0.1, -0.05) is 61.2 Å². The molecule has 0 N–H and O–H groups in total. The molecule has 0 fully saturated rings. The molecule has 0 aliphatic rings. The Balaban J connectivity index is 2.45. The number of ether oxygens (including phenoxy) is 2. The van der Waals surface area contributed by atoms with Crippen molar-refractivity contribution in [2.75, 3.05) is 13.2 Å². The largest absolute Gasteiger partial charge is 0.489 e. The Bertz CT molecular complexity index is 775. The molecule has 0 aliphatic heterocycles. The van der Waals surface area contributed by atoms with Gasteiger partial charge in [0.25, 0.3) is 0 Å². The van der Waals surface area contributed by atoms with E-state index in [1.54, 1.807) is 49.4 Å². The fraction of sp³-hybridized carbons (Fsp3) is 0.143. The first-order valence-electron chi connectivity index (χ1n) is 7.98. The van der Waals surface area contributed by atoms with Gasteiger partial charge in [-0.05, 0) is 19.1 Å². The van der Waals surface area contributed by atoms with Crippen LogP contribution in [0.1, 0.15) is 22.8 Å². The van der Waals surface area contributed by atoms with Gasteiger partial charge in [0.15, 0.2) is 5.78 Å². The molecule has 0 atom stereocenters. The summed E-state index contributed by atoms with van der Waals surface area (Å²) in [5, 5.41) is 0. The topological polar surface area (TPSA) is 52.6 Å². The number of para-hydroxylation sites is 1. The van der Waals surface area contributed by atoms with Crippen LogP contribution in [0.3, 0.4) is 0 Å². The average Bonchev–Trinajstić information content (AvgIpc) is 2.65. The molecule has 4 heteroatoms. The quantitative estimate of drug-likeness (QED) is 0.182. The average molecular weight is 336 g/mol. The smallest absolute Gasteiger partial charge is 0.342 e. The van der Waals surface area contributed by atoms with Crippen molar-refractivity contribution in [3.63, 3.8) is 0 Å². The van der Waals surface area contributed by atoms with Crippen molar-refractivity contribution in [3.05, 3.63) is 84.0 Å². The van der Waals surface area contributed by atoms with Crippen LogP contribution in [-0.4, -0.2) is 25.0 Å². The maximum atomic E-state index is 12.8. The van der Waals surface area contributed by atoms with Crippen LogP contribution in [0.5, 0.6) is 5.75 Å². The van der Waals surface area contributed by atoms with E-state index in [-0.39, 0.29) is 12.2 Å². The van der Waals surface area contributed by atoms with Crippen molar-refractivity contribution < 1.29 is 19.1 Å². The molecule has 0 saturated heterocycles. The molecule has 0 aromatic heterocycles. The van der Waals surface area contributed by atoms with E-state index < -0.39 is 11.8 Å². The van der Waals surface area contributed by atoms with E-state index in [2.05, 4.69) is 6.58 Å². The summed E-state index contributed by atoms with van der Waals surface area (Å²) in [6, 6.07) is 15.8. The summed E-state index contributed by atoms with van der Waals surface area (Å²) in [6.07, 6.45) is 3.13. The molecular weight excluding hydrogens is 316 g/mol. The van der Waals surface area contributed by atoms with Gasteiger partial charge in [0.05, 0.1) is 6.61 Å². The summed E-state index contributed by atoms with van der Waals surface area (Å²) in [7, 11) is 0. The Morgan fingerprint density at radius 2 is 1.72 bits per heavy atom. The predicted molar refractivity (Wildman–Crippen MR) is 97.5 cm³/mol. The number of Topliss-reactive ketones (excluding diaryl/α,β-unsaturated/α-hetero) is 1. The third-order valence-electron chi connectivity index (χ3n) is 3.35. The highest BCUT2D eigenvalue weighted by molar-refractivity contribution is 6.27. The Morgan fingerprint density at radius 1 is 1.04 bits per heavy atom. The van der Waals surface area contributed by atoms with Crippen molar-refractivity contribution in [1.82, 2.24) is 0 Å².